The third-order valence-electron chi connectivity index (χ3n) is 5.00. The van der Waals surface area contributed by atoms with Gasteiger partial charge in [0.05, 0.1) is 18.8 Å². The van der Waals surface area contributed by atoms with E-state index in [2.05, 4.69) is 6.92 Å². The molecule has 1 aliphatic carbocycles. The van der Waals surface area contributed by atoms with Crippen LogP contribution in [0.4, 0.5) is 0 Å². The van der Waals surface area contributed by atoms with Gasteiger partial charge in [-0.1, -0.05) is 51.9 Å². The normalized spacial score (nSPS) is 24.3. The van der Waals surface area contributed by atoms with Crippen molar-refractivity contribution in [2.75, 3.05) is 13.2 Å². The first-order valence-corrected chi connectivity index (χ1v) is 8.68. The highest BCUT2D eigenvalue weighted by molar-refractivity contribution is 4.91. The van der Waals surface area contributed by atoms with E-state index in [1.54, 1.807) is 0 Å². The van der Waals surface area contributed by atoms with E-state index < -0.39 is 5.60 Å². The van der Waals surface area contributed by atoms with Crippen LogP contribution >= 0.6 is 0 Å². The van der Waals surface area contributed by atoms with Crippen LogP contribution < -0.4 is 0 Å². The predicted molar refractivity (Wildman–Crippen MR) is 80.7 cm³/mol. The third kappa shape index (κ3) is 4.71. The third-order valence-corrected chi connectivity index (χ3v) is 5.00. The SMILES string of the molecule is CCCCCCCCCC1(O)CCC2(CC1)OCCO2. The highest BCUT2D eigenvalue weighted by atomic mass is 16.7. The average Bonchev–Trinajstić information content (AvgIpc) is 2.91. The molecule has 3 heteroatoms. The Bertz CT molecular complexity index is 261. The van der Waals surface area contributed by atoms with Crippen LogP contribution in [0.2, 0.25) is 0 Å². The summed E-state index contributed by atoms with van der Waals surface area (Å²) in [6.07, 6.45) is 13.5. The Morgan fingerprint density at radius 2 is 1.35 bits per heavy atom. The van der Waals surface area contributed by atoms with Crippen LogP contribution in [-0.2, 0) is 9.47 Å². The number of aliphatic hydroxyl groups is 1. The van der Waals surface area contributed by atoms with E-state index >= 15 is 0 Å². The maximum absolute atomic E-state index is 10.6. The summed E-state index contributed by atoms with van der Waals surface area (Å²) >= 11 is 0. The molecule has 1 saturated carbocycles. The Hall–Kier alpha value is -0.120. The molecule has 20 heavy (non-hydrogen) atoms. The summed E-state index contributed by atoms with van der Waals surface area (Å²) in [6, 6.07) is 0. The number of unbranched alkanes of at least 4 members (excludes halogenated alkanes) is 6. The van der Waals surface area contributed by atoms with Crippen molar-refractivity contribution in [1.29, 1.82) is 0 Å². The molecule has 0 bridgehead atoms. The second kappa shape index (κ2) is 7.77. The van der Waals surface area contributed by atoms with Gasteiger partial charge in [0.25, 0.3) is 0 Å². The number of hydrogen-bond donors (Lipinski definition) is 1. The van der Waals surface area contributed by atoms with Gasteiger partial charge in [-0.15, -0.1) is 0 Å². The van der Waals surface area contributed by atoms with Crippen molar-refractivity contribution >= 4 is 0 Å². The molecule has 2 rings (SSSR count). The zero-order valence-corrected chi connectivity index (χ0v) is 13.2. The zero-order chi connectivity index (χ0) is 14.3. The first kappa shape index (κ1) is 16.3. The van der Waals surface area contributed by atoms with Crippen molar-refractivity contribution in [1.82, 2.24) is 0 Å². The van der Waals surface area contributed by atoms with Crippen molar-refractivity contribution in [3.8, 4) is 0 Å². The van der Waals surface area contributed by atoms with Crippen molar-refractivity contribution in [2.24, 2.45) is 0 Å². The van der Waals surface area contributed by atoms with Gasteiger partial charge in [0.2, 0.25) is 0 Å². The number of rotatable bonds is 8. The van der Waals surface area contributed by atoms with Crippen LogP contribution in [0.1, 0.15) is 84.0 Å². The monoisotopic (exact) mass is 284 g/mol. The van der Waals surface area contributed by atoms with Crippen molar-refractivity contribution in [2.45, 2.75) is 95.4 Å². The van der Waals surface area contributed by atoms with Crippen LogP contribution in [0.25, 0.3) is 0 Å². The van der Waals surface area contributed by atoms with Gasteiger partial charge in [-0.05, 0) is 19.3 Å². The van der Waals surface area contributed by atoms with Gasteiger partial charge in [-0.2, -0.15) is 0 Å². The Kier molecular flexibility index (Phi) is 6.31. The van der Waals surface area contributed by atoms with E-state index in [-0.39, 0.29) is 5.79 Å². The van der Waals surface area contributed by atoms with Crippen LogP contribution in [0.5, 0.6) is 0 Å². The lowest BCUT2D eigenvalue weighted by atomic mass is 9.78. The molecule has 1 heterocycles. The molecule has 0 aromatic carbocycles. The molecule has 0 radical (unpaired) electrons. The summed E-state index contributed by atoms with van der Waals surface area (Å²) < 4.78 is 11.4. The van der Waals surface area contributed by atoms with E-state index in [1.807, 2.05) is 0 Å². The molecule has 0 aromatic rings. The second-order valence-electron chi connectivity index (χ2n) is 6.70. The van der Waals surface area contributed by atoms with Gasteiger partial charge in [0.15, 0.2) is 5.79 Å². The summed E-state index contributed by atoms with van der Waals surface area (Å²) in [5.74, 6) is -0.341. The minimum Gasteiger partial charge on any atom is -0.390 e. The van der Waals surface area contributed by atoms with Crippen molar-refractivity contribution in [3.63, 3.8) is 0 Å². The number of ether oxygens (including phenoxy) is 2. The van der Waals surface area contributed by atoms with E-state index in [9.17, 15) is 5.11 Å². The molecule has 0 aromatic heterocycles. The summed E-state index contributed by atoms with van der Waals surface area (Å²) in [5, 5.41) is 10.6. The lowest BCUT2D eigenvalue weighted by molar-refractivity contribution is -0.203. The van der Waals surface area contributed by atoms with E-state index in [4.69, 9.17) is 9.47 Å². The smallest absolute Gasteiger partial charge is 0.168 e. The topological polar surface area (TPSA) is 38.7 Å². The van der Waals surface area contributed by atoms with E-state index in [0.29, 0.717) is 0 Å². The molecule has 2 fully saturated rings. The van der Waals surface area contributed by atoms with Gasteiger partial charge in [0.1, 0.15) is 0 Å². The van der Waals surface area contributed by atoms with Crippen LogP contribution in [0, 0.1) is 0 Å². The van der Waals surface area contributed by atoms with Crippen LogP contribution in [0.15, 0.2) is 0 Å². The second-order valence-corrected chi connectivity index (χ2v) is 6.70. The fourth-order valence-electron chi connectivity index (χ4n) is 3.54. The Morgan fingerprint density at radius 3 is 1.95 bits per heavy atom. The van der Waals surface area contributed by atoms with E-state index in [1.165, 1.54) is 38.5 Å². The molecule has 1 saturated heterocycles. The average molecular weight is 284 g/mol. The lowest BCUT2D eigenvalue weighted by Crippen LogP contribution is -2.43. The molecular formula is C17H32O3. The highest BCUT2D eigenvalue weighted by Gasteiger charge is 2.45. The summed E-state index contributed by atoms with van der Waals surface area (Å²) in [6.45, 7) is 3.69. The van der Waals surface area contributed by atoms with Gasteiger partial charge in [-0.25, -0.2) is 0 Å². The fourth-order valence-corrected chi connectivity index (χ4v) is 3.54. The quantitative estimate of drug-likeness (QED) is 0.680. The van der Waals surface area contributed by atoms with Crippen molar-refractivity contribution in [3.05, 3.63) is 0 Å². The largest absolute Gasteiger partial charge is 0.390 e. The first-order chi connectivity index (χ1) is 9.68. The summed E-state index contributed by atoms with van der Waals surface area (Å²) in [5.41, 5.74) is -0.454. The number of hydrogen-bond acceptors (Lipinski definition) is 3. The minimum absolute atomic E-state index is 0.341. The first-order valence-electron chi connectivity index (χ1n) is 8.68. The standard InChI is InChI=1S/C17H32O3/c1-2-3-4-5-6-7-8-9-16(18)10-12-17(13-11-16)19-14-15-20-17/h18H,2-15H2,1H3. The molecule has 1 N–H and O–H groups in total. The van der Waals surface area contributed by atoms with Gasteiger partial charge >= 0.3 is 0 Å². The highest BCUT2D eigenvalue weighted by Crippen LogP contribution is 2.42. The predicted octanol–water partition coefficient (Wildman–Crippen LogP) is 4.18. The molecule has 0 atom stereocenters. The molecule has 3 nitrogen and oxygen atoms in total. The Balaban J connectivity index is 1.56. The molecule has 0 unspecified atom stereocenters. The summed E-state index contributed by atoms with van der Waals surface area (Å²) in [7, 11) is 0. The van der Waals surface area contributed by atoms with Gasteiger partial charge in [-0.3, -0.25) is 0 Å². The molecule has 1 aliphatic heterocycles. The minimum atomic E-state index is -0.454. The van der Waals surface area contributed by atoms with Gasteiger partial charge in [0, 0.05) is 12.8 Å². The zero-order valence-electron chi connectivity index (χ0n) is 13.2. The Morgan fingerprint density at radius 1 is 0.800 bits per heavy atom. The lowest BCUT2D eigenvalue weighted by Gasteiger charge is -2.40. The molecule has 118 valence electrons. The van der Waals surface area contributed by atoms with Crippen LogP contribution in [0.3, 0.4) is 0 Å². The molecule has 2 aliphatic rings. The maximum Gasteiger partial charge on any atom is 0.168 e. The van der Waals surface area contributed by atoms with Crippen LogP contribution in [-0.4, -0.2) is 29.7 Å². The molecule has 1 spiro atoms. The Labute approximate surface area is 124 Å². The fraction of sp³-hybridized carbons (Fsp3) is 1.00. The van der Waals surface area contributed by atoms with Crippen molar-refractivity contribution < 1.29 is 14.6 Å². The van der Waals surface area contributed by atoms with Gasteiger partial charge < -0.3 is 14.6 Å². The van der Waals surface area contributed by atoms with E-state index in [0.717, 1.165) is 51.7 Å². The molecule has 0 amide bonds. The maximum atomic E-state index is 10.6. The summed E-state index contributed by atoms with van der Waals surface area (Å²) in [4.78, 5) is 0. The molecular weight excluding hydrogens is 252 g/mol.